The molecule has 2 fully saturated rings. The number of pyridine rings is 1. The molecule has 2 N–H and O–H groups in total. The zero-order chi connectivity index (χ0) is 13.2. The topological polar surface area (TPSA) is 42.1 Å². The predicted octanol–water partition coefficient (Wildman–Crippen LogP) is 3.12. The van der Waals surface area contributed by atoms with Gasteiger partial charge < -0.3 is 10.6 Å². The summed E-state index contributed by atoms with van der Waals surface area (Å²) in [7, 11) is 0. The van der Waals surface area contributed by atoms with E-state index in [0.29, 0.717) is 0 Å². The molecule has 2 aliphatic carbocycles. The van der Waals surface area contributed by atoms with E-state index in [9.17, 15) is 0 Å². The van der Waals surface area contributed by atoms with Crippen LogP contribution in [-0.4, -0.2) is 18.1 Å². The Morgan fingerprint density at radius 3 is 2.26 bits per heavy atom. The van der Waals surface area contributed by atoms with Crippen LogP contribution in [0, 0.1) is 11.8 Å². The molecular formula is C16H25N3. The van der Waals surface area contributed by atoms with Gasteiger partial charge in [0.2, 0.25) is 0 Å². The van der Waals surface area contributed by atoms with Gasteiger partial charge >= 0.3 is 0 Å². The van der Waals surface area contributed by atoms with E-state index in [4.69, 9.17) is 5.73 Å². The largest absolute Gasteiger partial charge is 0.370 e. The van der Waals surface area contributed by atoms with E-state index in [1.807, 2.05) is 6.20 Å². The van der Waals surface area contributed by atoms with Crippen LogP contribution in [0.25, 0.3) is 0 Å². The Balaban J connectivity index is 1.68. The van der Waals surface area contributed by atoms with E-state index in [2.05, 4.69) is 28.9 Å². The number of hydrogen-bond donors (Lipinski definition) is 1. The van der Waals surface area contributed by atoms with Gasteiger partial charge in [0.25, 0.3) is 0 Å². The minimum atomic E-state index is 0.0781. The summed E-state index contributed by atoms with van der Waals surface area (Å²) in [6.07, 6.45) is 8.61. The lowest BCUT2D eigenvalue weighted by Crippen LogP contribution is -2.28. The van der Waals surface area contributed by atoms with E-state index in [1.54, 1.807) is 0 Å². The average Bonchev–Trinajstić information content (AvgIpc) is 3.32. The van der Waals surface area contributed by atoms with Crippen LogP contribution in [-0.2, 0) is 0 Å². The van der Waals surface area contributed by atoms with Crippen molar-refractivity contribution < 1.29 is 0 Å². The van der Waals surface area contributed by atoms with Gasteiger partial charge in [-0.1, -0.05) is 6.92 Å². The number of anilines is 1. The van der Waals surface area contributed by atoms with Crippen LogP contribution in [0.15, 0.2) is 18.3 Å². The molecule has 0 saturated heterocycles. The maximum Gasteiger partial charge on any atom is 0.0572 e. The minimum Gasteiger partial charge on any atom is -0.370 e. The number of rotatable bonds is 7. The van der Waals surface area contributed by atoms with E-state index in [1.165, 1.54) is 44.5 Å². The van der Waals surface area contributed by atoms with Crippen molar-refractivity contribution in [2.24, 2.45) is 17.6 Å². The number of nitrogens with zero attached hydrogens (tertiary/aromatic N) is 2. The van der Waals surface area contributed by atoms with Crippen molar-refractivity contribution in [2.45, 2.75) is 45.1 Å². The summed E-state index contributed by atoms with van der Waals surface area (Å²) in [5, 5.41) is 0. The van der Waals surface area contributed by atoms with Gasteiger partial charge in [-0.25, -0.2) is 0 Å². The van der Waals surface area contributed by atoms with Crippen LogP contribution in [0.2, 0.25) is 0 Å². The number of nitrogens with two attached hydrogens (primary N) is 1. The highest BCUT2D eigenvalue weighted by Gasteiger charge is 2.29. The van der Waals surface area contributed by atoms with Gasteiger partial charge in [-0.15, -0.1) is 0 Å². The second-order valence-electron chi connectivity index (χ2n) is 6.25. The van der Waals surface area contributed by atoms with Crippen molar-refractivity contribution in [3.8, 4) is 0 Å². The number of hydrogen-bond acceptors (Lipinski definition) is 3. The first-order valence-electron chi connectivity index (χ1n) is 7.72. The maximum atomic E-state index is 6.03. The molecule has 1 aromatic rings. The van der Waals surface area contributed by atoms with Crippen LogP contribution in [0.4, 0.5) is 5.69 Å². The third-order valence-corrected chi connectivity index (χ3v) is 4.31. The summed E-state index contributed by atoms with van der Waals surface area (Å²) >= 11 is 0. The highest BCUT2D eigenvalue weighted by atomic mass is 15.1. The molecule has 2 aliphatic rings. The van der Waals surface area contributed by atoms with Crippen LogP contribution in [0.1, 0.15) is 50.8 Å². The Morgan fingerprint density at radius 2 is 1.84 bits per heavy atom. The molecule has 1 aromatic heterocycles. The molecule has 0 aromatic carbocycles. The highest BCUT2D eigenvalue weighted by molar-refractivity contribution is 5.45. The Morgan fingerprint density at radius 1 is 1.21 bits per heavy atom. The summed E-state index contributed by atoms with van der Waals surface area (Å²) in [4.78, 5) is 7.10. The van der Waals surface area contributed by atoms with E-state index < -0.39 is 0 Å². The Kier molecular flexibility index (Phi) is 3.74. The third kappa shape index (κ3) is 3.47. The van der Waals surface area contributed by atoms with Gasteiger partial charge in [0.05, 0.1) is 17.6 Å². The van der Waals surface area contributed by atoms with Gasteiger partial charge in [-0.2, -0.15) is 0 Å². The molecule has 3 rings (SSSR count). The third-order valence-electron chi connectivity index (χ3n) is 4.31. The first-order chi connectivity index (χ1) is 9.26. The highest BCUT2D eigenvalue weighted by Crippen LogP contribution is 2.35. The van der Waals surface area contributed by atoms with Crippen LogP contribution in [0.5, 0.6) is 0 Å². The van der Waals surface area contributed by atoms with Gasteiger partial charge in [-0.05, 0) is 56.1 Å². The minimum absolute atomic E-state index is 0.0781. The molecule has 1 atom stereocenters. The quantitative estimate of drug-likeness (QED) is 0.818. The molecule has 1 heterocycles. The molecular weight excluding hydrogens is 234 g/mol. The Bertz CT molecular complexity index is 393. The summed E-state index contributed by atoms with van der Waals surface area (Å²) in [5.74, 6) is 1.85. The first-order valence-corrected chi connectivity index (χ1v) is 7.72. The molecule has 19 heavy (non-hydrogen) atoms. The molecule has 0 amide bonds. The van der Waals surface area contributed by atoms with Gasteiger partial charge in [0, 0.05) is 19.1 Å². The van der Waals surface area contributed by atoms with Gasteiger partial charge in [-0.3, -0.25) is 4.98 Å². The predicted molar refractivity (Wildman–Crippen MR) is 79.1 cm³/mol. The first kappa shape index (κ1) is 12.9. The SMILES string of the molecule is CC[C@H](N)c1ccc(N(CC2CC2)CC2CC2)cn1. The zero-order valence-electron chi connectivity index (χ0n) is 11.9. The van der Waals surface area contributed by atoms with Crippen molar-refractivity contribution in [2.75, 3.05) is 18.0 Å². The summed E-state index contributed by atoms with van der Waals surface area (Å²) in [6, 6.07) is 4.40. The number of aromatic nitrogens is 1. The molecule has 0 spiro atoms. The van der Waals surface area contributed by atoms with E-state index >= 15 is 0 Å². The molecule has 0 unspecified atom stereocenters. The van der Waals surface area contributed by atoms with Crippen molar-refractivity contribution in [1.82, 2.24) is 4.98 Å². The van der Waals surface area contributed by atoms with Crippen molar-refractivity contribution in [3.63, 3.8) is 0 Å². The molecule has 0 radical (unpaired) electrons. The summed E-state index contributed by atoms with van der Waals surface area (Å²) in [5.41, 5.74) is 8.33. The molecule has 2 saturated carbocycles. The molecule has 0 aliphatic heterocycles. The standard InChI is InChI=1S/C16H25N3/c1-2-15(17)16-8-7-14(9-18-16)19(10-12-3-4-12)11-13-5-6-13/h7-9,12-13,15H,2-6,10-11,17H2,1H3/t15-/m0/s1. The summed E-state index contributed by atoms with van der Waals surface area (Å²) in [6.45, 7) is 4.54. The Hall–Kier alpha value is -1.09. The van der Waals surface area contributed by atoms with Crippen LogP contribution < -0.4 is 10.6 Å². The van der Waals surface area contributed by atoms with Crippen molar-refractivity contribution in [1.29, 1.82) is 0 Å². The van der Waals surface area contributed by atoms with Gasteiger partial charge in [0.1, 0.15) is 0 Å². The fourth-order valence-electron chi connectivity index (χ4n) is 2.52. The fraction of sp³-hybridized carbons (Fsp3) is 0.688. The van der Waals surface area contributed by atoms with Crippen LogP contribution >= 0.6 is 0 Å². The van der Waals surface area contributed by atoms with E-state index in [-0.39, 0.29) is 6.04 Å². The average molecular weight is 259 g/mol. The molecule has 0 bridgehead atoms. The molecule has 3 heteroatoms. The molecule has 3 nitrogen and oxygen atoms in total. The normalized spacial score (nSPS) is 20.3. The second-order valence-corrected chi connectivity index (χ2v) is 6.25. The van der Waals surface area contributed by atoms with E-state index in [0.717, 1.165) is 24.0 Å². The van der Waals surface area contributed by atoms with Crippen molar-refractivity contribution >= 4 is 5.69 Å². The Labute approximate surface area is 116 Å². The maximum absolute atomic E-state index is 6.03. The van der Waals surface area contributed by atoms with Gasteiger partial charge in [0.15, 0.2) is 0 Å². The lowest BCUT2D eigenvalue weighted by Gasteiger charge is -2.25. The van der Waals surface area contributed by atoms with Crippen LogP contribution in [0.3, 0.4) is 0 Å². The molecule has 104 valence electrons. The lowest BCUT2D eigenvalue weighted by molar-refractivity contribution is 0.665. The fourth-order valence-corrected chi connectivity index (χ4v) is 2.52. The van der Waals surface area contributed by atoms with Crippen molar-refractivity contribution in [3.05, 3.63) is 24.0 Å². The second kappa shape index (κ2) is 5.49. The zero-order valence-corrected chi connectivity index (χ0v) is 11.9. The smallest absolute Gasteiger partial charge is 0.0572 e. The lowest BCUT2D eigenvalue weighted by atomic mass is 10.1. The summed E-state index contributed by atoms with van der Waals surface area (Å²) < 4.78 is 0. The monoisotopic (exact) mass is 259 g/mol.